The molecule has 0 saturated carbocycles. The highest BCUT2D eigenvalue weighted by molar-refractivity contribution is 7.86. The summed E-state index contributed by atoms with van der Waals surface area (Å²) in [6, 6.07) is 5.47. The highest BCUT2D eigenvalue weighted by Gasteiger charge is 2.50. The molecule has 2 aromatic carbocycles. The number of ether oxygens (including phenoxy) is 1. The van der Waals surface area contributed by atoms with E-state index in [1.807, 2.05) is 27.7 Å². The third-order valence-corrected chi connectivity index (χ3v) is 12.9. The van der Waals surface area contributed by atoms with Crippen molar-refractivity contribution in [1.82, 2.24) is 29.9 Å². The number of fused-ring (bicyclic) bond motifs is 2. The fraction of sp³-hybridized carbons (Fsp3) is 0.444. The molecule has 1 aliphatic rings. The largest absolute Gasteiger partial charge is 0.447 e. The lowest BCUT2D eigenvalue weighted by molar-refractivity contribution is -0.142. The average molecular weight is 1070 g/mol. The van der Waals surface area contributed by atoms with E-state index in [1.54, 1.807) is 0 Å². The van der Waals surface area contributed by atoms with Gasteiger partial charge < -0.3 is 15.8 Å². The SMILES string of the molecule is CC.CC.CS(=O)N(C(=O)OCCN)c1nn(CC(F)(F)F)c2c(-c3ccc(C#CC(C)(C)S(C)=O)nc3C(Cc3cc(F)cc(F)c3)NC(=O)Cn3nc(C(F)(F)F)c4c3C(F)(F)CC4)ccc(Cl)c12. The molecule has 71 heavy (non-hydrogen) atoms. The number of alkyl halides is 8. The molecule has 388 valence electrons. The van der Waals surface area contributed by atoms with Crippen LogP contribution in [-0.2, 0) is 69.3 Å². The molecule has 1 aliphatic carbocycles. The number of nitrogens with one attached hydrogen (secondary N) is 1. The number of hydrogen-bond donors (Lipinski definition) is 2. The number of nitrogens with two attached hydrogens (primary N) is 1. The van der Waals surface area contributed by atoms with E-state index < -0.39 is 142 Å². The molecule has 0 spiro atoms. The summed E-state index contributed by atoms with van der Waals surface area (Å²) in [5.74, 6) is -2.43. The zero-order valence-electron chi connectivity index (χ0n) is 39.3. The number of pyridine rings is 1. The first-order valence-corrected chi connectivity index (χ1v) is 25.0. The predicted octanol–water partition coefficient (Wildman–Crippen LogP) is 9.70. The van der Waals surface area contributed by atoms with Gasteiger partial charge in [-0.15, -0.1) is 0 Å². The molecular formula is C45H49ClF10N8O5S2. The van der Waals surface area contributed by atoms with Gasteiger partial charge in [0, 0.05) is 59.0 Å². The van der Waals surface area contributed by atoms with E-state index in [0.29, 0.717) is 15.1 Å². The molecule has 3 atom stereocenters. The maximum atomic E-state index is 15.1. The second-order valence-electron chi connectivity index (χ2n) is 15.5. The fourth-order valence-corrected chi connectivity index (χ4v) is 8.26. The minimum Gasteiger partial charge on any atom is -0.447 e. The Morgan fingerprint density at radius 3 is 2.14 bits per heavy atom. The van der Waals surface area contributed by atoms with Crippen molar-refractivity contribution in [3.8, 4) is 23.0 Å². The van der Waals surface area contributed by atoms with Gasteiger partial charge in [-0.25, -0.2) is 22.8 Å². The van der Waals surface area contributed by atoms with Crippen LogP contribution in [0.15, 0.2) is 42.5 Å². The van der Waals surface area contributed by atoms with Crippen molar-refractivity contribution in [3.05, 3.63) is 93.0 Å². The number of benzene rings is 2. The van der Waals surface area contributed by atoms with Crippen LogP contribution < -0.4 is 15.4 Å². The van der Waals surface area contributed by atoms with Gasteiger partial charge in [0.15, 0.2) is 11.5 Å². The van der Waals surface area contributed by atoms with Gasteiger partial charge in [0.1, 0.15) is 58.5 Å². The Hall–Kier alpha value is -5.58. The van der Waals surface area contributed by atoms with Crippen LogP contribution in [0.2, 0.25) is 5.02 Å². The molecule has 3 unspecified atom stereocenters. The lowest BCUT2D eigenvalue weighted by Gasteiger charge is -2.23. The van der Waals surface area contributed by atoms with Crippen molar-refractivity contribution >= 4 is 62.1 Å². The molecule has 0 aliphatic heterocycles. The second-order valence-corrected chi connectivity index (χ2v) is 19.1. The topological polar surface area (TPSA) is 167 Å². The molecule has 3 N–H and O–H groups in total. The van der Waals surface area contributed by atoms with Crippen LogP contribution in [0, 0.1) is 23.5 Å². The summed E-state index contributed by atoms with van der Waals surface area (Å²) in [4.78, 5) is 31.8. The van der Waals surface area contributed by atoms with Gasteiger partial charge >= 0.3 is 18.4 Å². The van der Waals surface area contributed by atoms with Crippen molar-refractivity contribution in [1.29, 1.82) is 0 Å². The summed E-state index contributed by atoms with van der Waals surface area (Å²) < 4.78 is 175. The van der Waals surface area contributed by atoms with Crippen molar-refractivity contribution < 1.29 is 66.6 Å². The van der Waals surface area contributed by atoms with Crippen LogP contribution in [0.4, 0.5) is 54.5 Å². The van der Waals surface area contributed by atoms with Gasteiger partial charge in [0.25, 0.3) is 5.92 Å². The van der Waals surface area contributed by atoms with E-state index >= 15 is 8.78 Å². The van der Waals surface area contributed by atoms with E-state index in [1.165, 1.54) is 44.4 Å². The zero-order chi connectivity index (χ0) is 53.6. The lowest BCUT2D eigenvalue weighted by Crippen LogP contribution is -2.35. The monoisotopic (exact) mass is 1070 g/mol. The summed E-state index contributed by atoms with van der Waals surface area (Å²) in [7, 11) is -3.92. The Kier molecular flexibility index (Phi) is 19.0. The number of hydrogen-bond acceptors (Lipinski definition) is 9. The maximum absolute atomic E-state index is 15.1. The number of aromatic nitrogens is 5. The number of rotatable bonds is 13. The number of amides is 2. The van der Waals surface area contributed by atoms with E-state index in [9.17, 15) is 53.1 Å². The first kappa shape index (κ1) is 58.0. The molecule has 0 bridgehead atoms. The molecule has 6 rings (SSSR count). The summed E-state index contributed by atoms with van der Waals surface area (Å²) in [5, 5.41) is 9.10. The van der Waals surface area contributed by atoms with E-state index in [2.05, 4.69) is 32.3 Å². The first-order chi connectivity index (χ1) is 33.1. The summed E-state index contributed by atoms with van der Waals surface area (Å²) >= 11 is 6.62. The Balaban J connectivity index is 0.00000267. The quantitative estimate of drug-likeness (QED) is 0.0862. The van der Waals surface area contributed by atoms with E-state index in [0.717, 1.165) is 18.4 Å². The molecular weight excluding hydrogens is 1020 g/mol. The van der Waals surface area contributed by atoms with Crippen molar-refractivity contribution in [3.63, 3.8) is 0 Å². The average Bonchev–Trinajstić information content (AvgIpc) is 3.94. The lowest BCUT2D eigenvalue weighted by atomic mass is 9.93. The van der Waals surface area contributed by atoms with Gasteiger partial charge in [-0.05, 0) is 68.5 Å². The highest BCUT2D eigenvalue weighted by atomic mass is 35.5. The van der Waals surface area contributed by atoms with Crippen molar-refractivity contribution in [2.45, 2.75) is 103 Å². The Bertz CT molecular complexity index is 2860. The molecule has 0 fully saturated rings. The van der Waals surface area contributed by atoms with Gasteiger partial charge in [0.2, 0.25) is 5.91 Å². The summed E-state index contributed by atoms with van der Waals surface area (Å²) in [6.07, 6.45) is -11.5. The van der Waals surface area contributed by atoms with Gasteiger partial charge in [-0.2, -0.15) is 49.6 Å². The van der Waals surface area contributed by atoms with Gasteiger partial charge in [0.05, 0.1) is 27.7 Å². The molecule has 26 heteroatoms. The maximum Gasteiger partial charge on any atom is 0.435 e. The van der Waals surface area contributed by atoms with E-state index in [4.69, 9.17) is 22.1 Å². The zero-order valence-corrected chi connectivity index (χ0v) is 41.7. The number of halogens is 11. The van der Waals surface area contributed by atoms with Crippen LogP contribution >= 0.6 is 11.6 Å². The first-order valence-electron chi connectivity index (χ1n) is 21.6. The van der Waals surface area contributed by atoms with Crippen LogP contribution in [0.1, 0.15) is 87.9 Å². The number of anilines is 1. The Morgan fingerprint density at radius 1 is 0.958 bits per heavy atom. The van der Waals surface area contributed by atoms with Crippen molar-refractivity contribution in [2.75, 3.05) is 30.0 Å². The third-order valence-electron chi connectivity index (χ3n) is 10.2. The molecule has 3 heterocycles. The fourth-order valence-electron chi connectivity index (χ4n) is 7.19. The molecule has 3 aromatic heterocycles. The van der Waals surface area contributed by atoms with Crippen LogP contribution in [0.5, 0.6) is 0 Å². The van der Waals surface area contributed by atoms with Gasteiger partial charge in [-0.1, -0.05) is 51.3 Å². The van der Waals surface area contributed by atoms with Crippen LogP contribution in [0.3, 0.4) is 0 Å². The number of carbonyl (C=O) groups is 2. The van der Waals surface area contributed by atoms with E-state index in [-0.39, 0.29) is 49.7 Å². The number of nitrogens with zero attached hydrogens (tertiary/aromatic N) is 6. The standard InChI is InChI=1S/C41H37ClF10N8O5S2.2C2H6/c1-38(2,66(3)63)11-9-24-5-6-25(26-7-8-28(42)31-33(26)59(20-40(47,48)49)57-36(31)60(67(4)64)37(62)65-14-13-53)32(54-24)29(17-21-15-22(43)18-23(44)16-21)55-30(61)19-58-35-27(10-12-39(35,45)46)34(56-58)41(50,51)52;2*1-2/h5-8,15-16,18,29H,10,12-14,17,19-20,53H2,1-4H3,(H,55,61);2*1-2H3. The van der Waals surface area contributed by atoms with Crippen LogP contribution in [-0.4, -0.2) is 81.5 Å². The predicted molar refractivity (Wildman–Crippen MR) is 249 cm³/mol. The molecule has 2 amide bonds. The van der Waals surface area contributed by atoms with Crippen LogP contribution in [0.25, 0.3) is 22.0 Å². The third kappa shape index (κ3) is 13.7. The summed E-state index contributed by atoms with van der Waals surface area (Å²) in [6.45, 7) is 7.36. The smallest absolute Gasteiger partial charge is 0.435 e. The second kappa shape index (κ2) is 23.3. The Morgan fingerprint density at radius 2 is 1.58 bits per heavy atom. The summed E-state index contributed by atoms with van der Waals surface area (Å²) in [5.41, 5.74) is 0.319. The van der Waals surface area contributed by atoms with Crippen molar-refractivity contribution in [2.24, 2.45) is 5.73 Å². The normalized spacial score (nSPS) is 14.4. The molecule has 5 aromatic rings. The minimum absolute atomic E-state index is 0.133. The Labute approximate surface area is 411 Å². The molecule has 13 nitrogen and oxygen atoms in total. The number of carbonyl (C=O) groups excluding carboxylic acids is 2. The highest BCUT2D eigenvalue weighted by Crippen LogP contribution is 2.47. The molecule has 0 saturated heterocycles. The molecule has 0 radical (unpaired) electrons. The van der Waals surface area contributed by atoms with Gasteiger partial charge in [-0.3, -0.25) is 18.4 Å². The minimum atomic E-state index is -5.19.